The summed E-state index contributed by atoms with van der Waals surface area (Å²) >= 11 is 0. The van der Waals surface area contributed by atoms with Crippen LogP contribution < -0.4 is 0 Å². The van der Waals surface area contributed by atoms with Crippen molar-refractivity contribution in [3.63, 3.8) is 0 Å². The Morgan fingerprint density at radius 1 is 0.727 bits per heavy atom. The number of hydrogen-bond acceptors (Lipinski definition) is 4. The van der Waals surface area contributed by atoms with E-state index in [-0.39, 0.29) is 12.2 Å². The van der Waals surface area contributed by atoms with Crippen LogP contribution in [0, 0.1) is 0 Å². The van der Waals surface area contributed by atoms with E-state index in [1.807, 2.05) is 0 Å². The topological polar surface area (TPSA) is 52.6 Å². The molecule has 0 spiro atoms. The summed E-state index contributed by atoms with van der Waals surface area (Å²) in [5, 5.41) is 1.37. The third-order valence-corrected chi connectivity index (χ3v) is 3.05. The number of ether oxygens (including phenoxy) is 2. The molecule has 4 heteroatoms. The predicted molar refractivity (Wildman–Crippen MR) is 85.1 cm³/mol. The lowest BCUT2D eigenvalue weighted by molar-refractivity contribution is 0.0367. The molecule has 0 saturated heterocycles. The van der Waals surface area contributed by atoms with Gasteiger partial charge in [-0.2, -0.15) is 0 Å². The van der Waals surface area contributed by atoms with Gasteiger partial charge in [0.1, 0.15) is 0 Å². The Hall–Kier alpha value is -2.36. The van der Waals surface area contributed by atoms with Crippen molar-refractivity contribution in [2.75, 3.05) is 0 Å². The average molecular weight is 300 g/mol. The van der Waals surface area contributed by atoms with Crippen LogP contribution in [0.15, 0.2) is 36.4 Å². The van der Waals surface area contributed by atoms with E-state index >= 15 is 0 Å². The number of rotatable bonds is 4. The van der Waals surface area contributed by atoms with E-state index in [4.69, 9.17) is 9.47 Å². The number of carbonyl (C=O) groups excluding carboxylic acids is 2. The number of carbonyl (C=O) groups is 2. The predicted octanol–water partition coefficient (Wildman–Crippen LogP) is 3.97. The van der Waals surface area contributed by atoms with E-state index in [1.54, 1.807) is 64.1 Å². The van der Waals surface area contributed by atoms with Crippen molar-refractivity contribution >= 4 is 22.7 Å². The molecule has 22 heavy (non-hydrogen) atoms. The minimum atomic E-state index is -0.394. The Morgan fingerprint density at radius 3 is 1.41 bits per heavy atom. The second kappa shape index (κ2) is 6.60. The lowest BCUT2D eigenvalue weighted by atomic mass is 10.00. The van der Waals surface area contributed by atoms with Gasteiger partial charge in [-0.05, 0) is 50.6 Å². The summed E-state index contributed by atoms with van der Waals surface area (Å²) in [5.74, 6) is -0.787. The molecule has 0 aliphatic carbocycles. The molecule has 0 N–H and O–H groups in total. The van der Waals surface area contributed by atoms with Crippen molar-refractivity contribution in [1.29, 1.82) is 0 Å². The maximum atomic E-state index is 12.2. The first-order chi connectivity index (χ1) is 10.4. The first-order valence-electron chi connectivity index (χ1n) is 7.34. The summed E-state index contributed by atoms with van der Waals surface area (Å²) in [6.07, 6.45) is -0.395. The monoisotopic (exact) mass is 300 g/mol. The van der Waals surface area contributed by atoms with Crippen LogP contribution in [0.1, 0.15) is 48.4 Å². The quantitative estimate of drug-likeness (QED) is 0.802. The lowest BCUT2D eigenvalue weighted by Crippen LogP contribution is -2.14. The fourth-order valence-electron chi connectivity index (χ4n) is 2.22. The first-order valence-corrected chi connectivity index (χ1v) is 7.34. The highest BCUT2D eigenvalue weighted by atomic mass is 16.5. The van der Waals surface area contributed by atoms with Crippen LogP contribution in [-0.2, 0) is 9.47 Å². The molecule has 116 valence electrons. The standard InChI is InChI=1S/C18H20O4/c1-11(2)21-17(19)15-9-5-8-14-13(15)7-6-10-16(14)18(20)22-12(3)4/h5-12H,1-4H3. The van der Waals surface area contributed by atoms with E-state index in [1.165, 1.54) is 0 Å². The van der Waals surface area contributed by atoms with Crippen LogP contribution in [0.5, 0.6) is 0 Å². The second-order valence-corrected chi connectivity index (χ2v) is 5.61. The molecule has 2 rings (SSSR count). The normalized spacial score (nSPS) is 11.0. The molecule has 0 aliphatic heterocycles. The summed E-state index contributed by atoms with van der Waals surface area (Å²) in [6, 6.07) is 10.5. The van der Waals surface area contributed by atoms with Crippen LogP contribution in [0.2, 0.25) is 0 Å². The summed E-state index contributed by atoms with van der Waals surface area (Å²) < 4.78 is 10.5. The van der Waals surface area contributed by atoms with Crippen LogP contribution in [0.25, 0.3) is 10.8 Å². The molecule has 0 amide bonds. The van der Waals surface area contributed by atoms with Crippen molar-refractivity contribution in [2.24, 2.45) is 0 Å². The maximum absolute atomic E-state index is 12.2. The molecular formula is C18H20O4. The highest BCUT2D eigenvalue weighted by Crippen LogP contribution is 2.24. The molecule has 0 atom stereocenters. The third-order valence-electron chi connectivity index (χ3n) is 3.05. The van der Waals surface area contributed by atoms with E-state index in [0.29, 0.717) is 21.9 Å². The maximum Gasteiger partial charge on any atom is 0.339 e. The van der Waals surface area contributed by atoms with Gasteiger partial charge in [0.15, 0.2) is 0 Å². The van der Waals surface area contributed by atoms with Gasteiger partial charge >= 0.3 is 11.9 Å². The third kappa shape index (κ3) is 3.45. The molecule has 0 radical (unpaired) electrons. The highest BCUT2D eigenvalue weighted by Gasteiger charge is 2.17. The summed E-state index contributed by atoms with van der Waals surface area (Å²) in [7, 11) is 0. The van der Waals surface area contributed by atoms with Crippen LogP contribution in [0.3, 0.4) is 0 Å². The molecule has 0 bridgehead atoms. The Labute approximate surface area is 130 Å². The zero-order valence-electron chi connectivity index (χ0n) is 13.3. The Morgan fingerprint density at radius 2 is 1.09 bits per heavy atom. The number of benzene rings is 2. The van der Waals surface area contributed by atoms with Crippen molar-refractivity contribution in [1.82, 2.24) is 0 Å². The minimum Gasteiger partial charge on any atom is -0.459 e. The highest BCUT2D eigenvalue weighted by molar-refractivity contribution is 6.11. The fraction of sp³-hybridized carbons (Fsp3) is 0.333. The fourth-order valence-corrected chi connectivity index (χ4v) is 2.22. The Kier molecular flexibility index (Phi) is 4.81. The van der Waals surface area contributed by atoms with Crippen LogP contribution >= 0.6 is 0 Å². The van der Waals surface area contributed by atoms with Gasteiger partial charge < -0.3 is 9.47 Å². The van der Waals surface area contributed by atoms with Gasteiger partial charge in [-0.25, -0.2) is 9.59 Å². The minimum absolute atomic E-state index is 0.197. The van der Waals surface area contributed by atoms with Crippen molar-refractivity contribution in [3.05, 3.63) is 47.5 Å². The van der Waals surface area contributed by atoms with E-state index in [2.05, 4.69) is 0 Å². The van der Waals surface area contributed by atoms with Gasteiger partial charge in [0.2, 0.25) is 0 Å². The SMILES string of the molecule is CC(C)OC(=O)c1cccc2c(C(=O)OC(C)C)cccc12. The van der Waals surface area contributed by atoms with Crippen LogP contribution in [-0.4, -0.2) is 24.1 Å². The van der Waals surface area contributed by atoms with Crippen LogP contribution in [0.4, 0.5) is 0 Å². The Balaban J connectivity index is 2.51. The number of fused-ring (bicyclic) bond motifs is 1. The molecule has 0 unspecified atom stereocenters. The molecule has 0 aliphatic rings. The number of esters is 2. The van der Waals surface area contributed by atoms with Gasteiger partial charge in [0.25, 0.3) is 0 Å². The van der Waals surface area contributed by atoms with Crippen molar-refractivity contribution in [2.45, 2.75) is 39.9 Å². The zero-order chi connectivity index (χ0) is 16.3. The lowest BCUT2D eigenvalue weighted by Gasteiger charge is -2.13. The van der Waals surface area contributed by atoms with Gasteiger partial charge in [-0.15, -0.1) is 0 Å². The molecule has 0 saturated carbocycles. The van der Waals surface area contributed by atoms with E-state index in [0.717, 1.165) is 0 Å². The molecule has 2 aromatic carbocycles. The van der Waals surface area contributed by atoms with Gasteiger partial charge in [-0.1, -0.05) is 24.3 Å². The summed E-state index contributed by atoms with van der Waals surface area (Å²) in [4.78, 5) is 24.4. The van der Waals surface area contributed by atoms with Gasteiger partial charge in [0.05, 0.1) is 23.3 Å². The summed E-state index contributed by atoms with van der Waals surface area (Å²) in [5.41, 5.74) is 0.899. The first kappa shape index (κ1) is 16.0. The van der Waals surface area contributed by atoms with Crippen molar-refractivity contribution in [3.8, 4) is 0 Å². The number of hydrogen-bond donors (Lipinski definition) is 0. The van der Waals surface area contributed by atoms with Gasteiger partial charge in [0, 0.05) is 0 Å². The molecule has 0 heterocycles. The van der Waals surface area contributed by atoms with E-state index in [9.17, 15) is 9.59 Å². The largest absolute Gasteiger partial charge is 0.459 e. The molecular weight excluding hydrogens is 280 g/mol. The Bertz CT molecular complexity index is 640. The molecule has 4 nitrogen and oxygen atoms in total. The zero-order valence-corrected chi connectivity index (χ0v) is 13.3. The van der Waals surface area contributed by atoms with Gasteiger partial charge in [-0.3, -0.25) is 0 Å². The van der Waals surface area contributed by atoms with Crippen molar-refractivity contribution < 1.29 is 19.1 Å². The smallest absolute Gasteiger partial charge is 0.339 e. The average Bonchev–Trinajstić information content (AvgIpc) is 2.44. The second-order valence-electron chi connectivity index (χ2n) is 5.61. The molecule has 2 aromatic rings. The summed E-state index contributed by atoms with van der Waals surface area (Å²) in [6.45, 7) is 7.20. The molecule has 0 aromatic heterocycles. The van der Waals surface area contributed by atoms with E-state index < -0.39 is 11.9 Å². The molecule has 0 fully saturated rings.